The Kier molecular flexibility index (Phi) is 5.88. The highest BCUT2D eigenvalue weighted by molar-refractivity contribution is 7.89. The number of amides is 1. The van der Waals surface area contributed by atoms with Gasteiger partial charge in [-0.25, -0.2) is 13.1 Å². The predicted molar refractivity (Wildman–Crippen MR) is 115 cm³/mol. The first-order valence-electron chi connectivity index (χ1n) is 10.1. The van der Waals surface area contributed by atoms with E-state index < -0.39 is 10.0 Å². The van der Waals surface area contributed by atoms with Crippen molar-refractivity contribution in [2.24, 2.45) is 0 Å². The van der Waals surface area contributed by atoms with Crippen LogP contribution in [0.2, 0.25) is 0 Å². The van der Waals surface area contributed by atoms with E-state index in [2.05, 4.69) is 14.9 Å². The number of hydrogen-bond acceptors (Lipinski definition) is 6. The zero-order valence-electron chi connectivity index (χ0n) is 17.5. The van der Waals surface area contributed by atoms with Crippen LogP contribution in [0.15, 0.2) is 51.9 Å². The van der Waals surface area contributed by atoms with Crippen LogP contribution in [-0.2, 0) is 16.6 Å². The summed E-state index contributed by atoms with van der Waals surface area (Å²) >= 11 is 0. The van der Waals surface area contributed by atoms with E-state index in [1.165, 1.54) is 6.07 Å². The van der Waals surface area contributed by atoms with E-state index in [1.54, 1.807) is 24.0 Å². The zero-order chi connectivity index (χ0) is 22.0. The van der Waals surface area contributed by atoms with Crippen molar-refractivity contribution in [1.29, 1.82) is 0 Å². The van der Waals surface area contributed by atoms with E-state index in [9.17, 15) is 13.2 Å². The third-order valence-electron chi connectivity index (χ3n) is 5.33. The molecule has 3 aromatic rings. The fourth-order valence-corrected chi connectivity index (χ4v) is 4.76. The number of carbonyl (C=O) groups is 1. The highest BCUT2D eigenvalue weighted by atomic mass is 32.2. The van der Waals surface area contributed by atoms with E-state index in [-0.39, 0.29) is 29.1 Å². The second kappa shape index (κ2) is 8.60. The fourth-order valence-electron chi connectivity index (χ4n) is 3.47. The van der Waals surface area contributed by atoms with Gasteiger partial charge in [-0.1, -0.05) is 47.1 Å². The SMILES string of the molecule is Cc1ccc(CNS(=O)(=O)c2cc(-c3noc(C(=O)N4CCCC4)n3)ccc2C)cc1. The number of nitrogens with one attached hydrogen (secondary N) is 1. The summed E-state index contributed by atoms with van der Waals surface area (Å²) in [6.07, 6.45) is 1.92. The Morgan fingerprint density at radius 3 is 2.52 bits per heavy atom. The minimum absolute atomic E-state index is 0.0839. The van der Waals surface area contributed by atoms with Gasteiger partial charge in [0.05, 0.1) is 4.90 Å². The maximum absolute atomic E-state index is 12.9. The number of likely N-dealkylation sites (tertiary alicyclic amines) is 1. The van der Waals surface area contributed by atoms with E-state index in [0.29, 0.717) is 24.2 Å². The smallest absolute Gasteiger partial charge is 0.316 e. The van der Waals surface area contributed by atoms with Gasteiger partial charge in [0.25, 0.3) is 0 Å². The number of carbonyl (C=O) groups excluding carboxylic acids is 1. The standard InChI is InChI=1S/C22H24N4O4S/c1-15-5-8-17(9-6-15)14-23-31(28,29)19-13-18(10-7-16(19)2)20-24-21(30-25-20)22(27)26-11-3-4-12-26/h5-10,13,23H,3-4,11-12,14H2,1-2H3. The molecule has 1 aliphatic rings. The molecule has 1 aromatic heterocycles. The lowest BCUT2D eigenvalue weighted by molar-refractivity contribution is 0.0743. The van der Waals surface area contributed by atoms with Gasteiger partial charge in [0, 0.05) is 25.2 Å². The summed E-state index contributed by atoms with van der Waals surface area (Å²) in [6, 6.07) is 12.6. The number of benzene rings is 2. The van der Waals surface area contributed by atoms with Crippen molar-refractivity contribution in [2.45, 2.75) is 38.1 Å². The molecule has 0 atom stereocenters. The number of nitrogens with zero attached hydrogens (tertiary/aromatic N) is 3. The molecule has 0 bridgehead atoms. The van der Waals surface area contributed by atoms with Crippen LogP contribution in [0.3, 0.4) is 0 Å². The van der Waals surface area contributed by atoms with E-state index in [1.807, 2.05) is 31.2 Å². The van der Waals surface area contributed by atoms with Gasteiger partial charge in [0.1, 0.15) is 0 Å². The Morgan fingerprint density at radius 2 is 1.81 bits per heavy atom. The lowest BCUT2D eigenvalue weighted by Crippen LogP contribution is -2.27. The number of sulfonamides is 1. The molecule has 1 amide bonds. The minimum Gasteiger partial charge on any atom is -0.334 e. The molecule has 1 N–H and O–H groups in total. The maximum atomic E-state index is 12.9. The number of hydrogen-bond donors (Lipinski definition) is 1. The molecule has 0 spiro atoms. The van der Waals surface area contributed by atoms with Crippen LogP contribution in [0.25, 0.3) is 11.4 Å². The van der Waals surface area contributed by atoms with Crippen LogP contribution in [-0.4, -0.2) is 42.5 Å². The molecule has 0 aliphatic carbocycles. The Bertz CT molecular complexity index is 1200. The molecular formula is C22H24N4O4S. The van der Waals surface area contributed by atoms with Crippen LogP contribution < -0.4 is 4.72 Å². The van der Waals surface area contributed by atoms with Gasteiger partial charge < -0.3 is 9.42 Å². The van der Waals surface area contributed by atoms with Crippen molar-refractivity contribution in [1.82, 2.24) is 19.8 Å². The summed E-state index contributed by atoms with van der Waals surface area (Å²) in [5, 5.41) is 3.88. The topological polar surface area (TPSA) is 105 Å². The largest absolute Gasteiger partial charge is 0.334 e. The van der Waals surface area contributed by atoms with Crippen molar-refractivity contribution in [2.75, 3.05) is 13.1 Å². The summed E-state index contributed by atoms with van der Waals surface area (Å²) in [7, 11) is -3.76. The summed E-state index contributed by atoms with van der Waals surface area (Å²) in [5.74, 6) is -0.201. The van der Waals surface area contributed by atoms with Crippen molar-refractivity contribution in [3.63, 3.8) is 0 Å². The quantitative estimate of drug-likeness (QED) is 0.632. The predicted octanol–water partition coefficient (Wildman–Crippen LogP) is 3.07. The molecule has 2 heterocycles. The van der Waals surface area contributed by atoms with Crippen LogP contribution in [0.1, 0.15) is 40.2 Å². The molecule has 0 saturated carbocycles. The van der Waals surface area contributed by atoms with Crippen molar-refractivity contribution in [3.8, 4) is 11.4 Å². The molecule has 0 radical (unpaired) electrons. The monoisotopic (exact) mass is 440 g/mol. The second-order valence-electron chi connectivity index (χ2n) is 7.71. The third kappa shape index (κ3) is 4.67. The number of rotatable bonds is 6. The van der Waals surface area contributed by atoms with Crippen molar-refractivity contribution in [3.05, 3.63) is 65.0 Å². The molecular weight excluding hydrogens is 416 g/mol. The highest BCUT2D eigenvalue weighted by Gasteiger charge is 2.25. The van der Waals surface area contributed by atoms with Gasteiger partial charge in [-0.2, -0.15) is 4.98 Å². The van der Waals surface area contributed by atoms with Gasteiger partial charge in [0.15, 0.2) is 0 Å². The molecule has 4 rings (SSSR count). The highest BCUT2D eigenvalue weighted by Crippen LogP contribution is 2.24. The fraction of sp³-hybridized carbons (Fsp3) is 0.318. The second-order valence-corrected chi connectivity index (χ2v) is 9.45. The van der Waals surface area contributed by atoms with Gasteiger partial charge in [-0.15, -0.1) is 0 Å². The van der Waals surface area contributed by atoms with E-state index in [4.69, 9.17) is 4.52 Å². The Hall–Kier alpha value is -3.04. The number of aromatic nitrogens is 2. The molecule has 162 valence electrons. The van der Waals surface area contributed by atoms with Gasteiger partial charge in [0.2, 0.25) is 15.8 Å². The average Bonchev–Trinajstić information content (AvgIpc) is 3.46. The third-order valence-corrected chi connectivity index (χ3v) is 6.87. The van der Waals surface area contributed by atoms with Crippen LogP contribution in [0, 0.1) is 13.8 Å². The molecule has 1 aliphatic heterocycles. The first-order valence-corrected chi connectivity index (χ1v) is 11.6. The lowest BCUT2D eigenvalue weighted by Gasteiger charge is -2.11. The van der Waals surface area contributed by atoms with Gasteiger partial charge in [-0.05, 0) is 43.9 Å². The normalized spacial score (nSPS) is 14.2. The van der Waals surface area contributed by atoms with Crippen molar-refractivity contribution >= 4 is 15.9 Å². The first-order chi connectivity index (χ1) is 14.8. The Morgan fingerprint density at radius 1 is 1.10 bits per heavy atom. The van der Waals surface area contributed by atoms with E-state index >= 15 is 0 Å². The summed E-state index contributed by atoms with van der Waals surface area (Å²) < 4.78 is 33.6. The molecule has 8 nitrogen and oxygen atoms in total. The molecule has 2 aromatic carbocycles. The van der Waals surface area contributed by atoms with Crippen LogP contribution in [0.4, 0.5) is 0 Å². The molecule has 31 heavy (non-hydrogen) atoms. The maximum Gasteiger partial charge on any atom is 0.316 e. The van der Waals surface area contributed by atoms with Crippen LogP contribution in [0.5, 0.6) is 0 Å². The molecule has 9 heteroatoms. The Labute approximate surface area is 181 Å². The number of aryl methyl sites for hydroxylation is 2. The molecule has 1 fully saturated rings. The Balaban J connectivity index is 1.55. The lowest BCUT2D eigenvalue weighted by atomic mass is 10.1. The van der Waals surface area contributed by atoms with Gasteiger partial charge in [-0.3, -0.25) is 4.79 Å². The van der Waals surface area contributed by atoms with Gasteiger partial charge >= 0.3 is 11.8 Å². The minimum atomic E-state index is -3.76. The molecule has 1 saturated heterocycles. The van der Waals surface area contributed by atoms with Crippen molar-refractivity contribution < 1.29 is 17.7 Å². The average molecular weight is 441 g/mol. The summed E-state index contributed by atoms with van der Waals surface area (Å²) in [6.45, 7) is 5.24. The van der Waals surface area contributed by atoms with Crippen LogP contribution >= 0.6 is 0 Å². The summed E-state index contributed by atoms with van der Waals surface area (Å²) in [4.78, 5) is 18.4. The summed E-state index contributed by atoms with van der Waals surface area (Å²) in [5.41, 5.74) is 3.03. The van der Waals surface area contributed by atoms with E-state index in [0.717, 1.165) is 24.0 Å². The zero-order valence-corrected chi connectivity index (χ0v) is 18.3. The first kappa shape index (κ1) is 21.2. The molecule has 0 unspecified atom stereocenters.